The van der Waals surface area contributed by atoms with Crippen molar-refractivity contribution in [3.05, 3.63) is 28.2 Å². The van der Waals surface area contributed by atoms with Crippen molar-refractivity contribution >= 4 is 15.9 Å². The summed E-state index contributed by atoms with van der Waals surface area (Å²) in [5.41, 5.74) is 0.237. The van der Waals surface area contributed by atoms with Gasteiger partial charge in [-0.15, -0.1) is 0 Å². The normalized spacial score (nSPS) is 18.4. The third kappa shape index (κ3) is 3.05. The molecule has 1 aliphatic rings. The zero-order valence-electron chi connectivity index (χ0n) is 10.8. The summed E-state index contributed by atoms with van der Waals surface area (Å²) >= 11 is 3.46. The Morgan fingerprint density at radius 2 is 2.11 bits per heavy atom. The Labute approximate surface area is 116 Å². The summed E-state index contributed by atoms with van der Waals surface area (Å²) < 4.78 is 11.5. The number of benzene rings is 1. The fraction of sp³-hybridized carbons (Fsp3) is 0.571. The quantitative estimate of drug-likeness (QED) is 0.877. The number of halogens is 1. The lowest BCUT2D eigenvalue weighted by molar-refractivity contribution is -0.0477. The molecule has 0 amide bonds. The van der Waals surface area contributed by atoms with Crippen LogP contribution in [0.15, 0.2) is 22.7 Å². The van der Waals surface area contributed by atoms with Crippen molar-refractivity contribution < 1.29 is 14.6 Å². The van der Waals surface area contributed by atoms with Crippen LogP contribution in [0.1, 0.15) is 18.4 Å². The van der Waals surface area contributed by atoms with Gasteiger partial charge in [-0.2, -0.15) is 0 Å². The van der Waals surface area contributed by atoms with Gasteiger partial charge in [0.25, 0.3) is 0 Å². The minimum absolute atomic E-state index is 0.348. The van der Waals surface area contributed by atoms with E-state index < -0.39 is 5.60 Å². The van der Waals surface area contributed by atoms with Crippen LogP contribution >= 0.6 is 15.9 Å². The fourth-order valence-electron chi connectivity index (χ4n) is 2.40. The van der Waals surface area contributed by atoms with Crippen molar-refractivity contribution in [1.29, 1.82) is 0 Å². The van der Waals surface area contributed by atoms with Crippen LogP contribution in [0.2, 0.25) is 0 Å². The van der Waals surface area contributed by atoms with Crippen molar-refractivity contribution in [3.63, 3.8) is 0 Å². The molecular formula is C14H19BrO3. The molecule has 1 unspecified atom stereocenters. The summed E-state index contributed by atoms with van der Waals surface area (Å²) in [6, 6.07) is 5.86. The van der Waals surface area contributed by atoms with Gasteiger partial charge in [-0.25, -0.2) is 0 Å². The standard InChI is InChI=1S/C14H19BrO3/c1-17-9-14(16,11-3-4-11)8-10-7-12(15)5-6-13(10)18-2/h5-7,11,16H,3-4,8-9H2,1-2H3. The maximum atomic E-state index is 10.7. The molecule has 1 fully saturated rings. The van der Waals surface area contributed by atoms with Gasteiger partial charge in [0.1, 0.15) is 5.75 Å². The second-order valence-corrected chi connectivity index (χ2v) is 5.86. The Bertz CT molecular complexity index is 418. The van der Waals surface area contributed by atoms with Gasteiger partial charge in [0.15, 0.2) is 0 Å². The van der Waals surface area contributed by atoms with Gasteiger partial charge in [0, 0.05) is 18.0 Å². The van der Waals surface area contributed by atoms with Gasteiger partial charge in [-0.05, 0) is 42.5 Å². The Balaban J connectivity index is 2.22. The lowest BCUT2D eigenvalue weighted by Gasteiger charge is -2.28. The molecular weight excluding hydrogens is 296 g/mol. The van der Waals surface area contributed by atoms with Crippen LogP contribution in [-0.4, -0.2) is 31.5 Å². The van der Waals surface area contributed by atoms with Gasteiger partial charge in [-0.3, -0.25) is 0 Å². The number of hydrogen-bond acceptors (Lipinski definition) is 3. The van der Waals surface area contributed by atoms with E-state index in [2.05, 4.69) is 15.9 Å². The van der Waals surface area contributed by atoms with Gasteiger partial charge in [0.2, 0.25) is 0 Å². The van der Waals surface area contributed by atoms with Gasteiger partial charge < -0.3 is 14.6 Å². The van der Waals surface area contributed by atoms with E-state index in [0.717, 1.165) is 28.6 Å². The highest BCUT2D eigenvalue weighted by molar-refractivity contribution is 9.10. The molecule has 1 atom stereocenters. The molecule has 0 radical (unpaired) electrons. The van der Waals surface area contributed by atoms with Crippen molar-refractivity contribution in [2.24, 2.45) is 5.92 Å². The average Bonchev–Trinajstić information content (AvgIpc) is 3.13. The molecule has 0 heterocycles. The van der Waals surface area contributed by atoms with Gasteiger partial charge >= 0.3 is 0 Å². The van der Waals surface area contributed by atoms with E-state index in [9.17, 15) is 5.11 Å². The van der Waals surface area contributed by atoms with Crippen molar-refractivity contribution in [2.45, 2.75) is 24.9 Å². The van der Waals surface area contributed by atoms with E-state index in [1.165, 1.54) is 0 Å². The Morgan fingerprint density at radius 1 is 1.39 bits per heavy atom. The third-order valence-corrected chi connectivity index (χ3v) is 3.96. The Morgan fingerprint density at radius 3 is 2.67 bits per heavy atom. The zero-order chi connectivity index (χ0) is 13.2. The molecule has 4 heteroatoms. The van der Waals surface area contributed by atoms with E-state index in [4.69, 9.17) is 9.47 Å². The first-order valence-corrected chi connectivity index (χ1v) is 6.92. The second kappa shape index (κ2) is 5.59. The third-order valence-electron chi connectivity index (χ3n) is 3.47. The minimum atomic E-state index is -0.775. The Kier molecular flexibility index (Phi) is 4.30. The molecule has 0 aromatic heterocycles. The van der Waals surface area contributed by atoms with Crippen LogP contribution in [0.3, 0.4) is 0 Å². The summed E-state index contributed by atoms with van der Waals surface area (Å²) in [6.07, 6.45) is 2.72. The highest BCUT2D eigenvalue weighted by atomic mass is 79.9. The molecule has 1 aromatic carbocycles. The monoisotopic (exact) mass is 314 g/mol. The predicted molar refractivity (Wildman–Crippen MR) is 73.9 cm³/mol. The lowest BCUT2D eigenvalue weighted by atomic mass is 9.90. The minimum Gasteiger partial charge on any atom is -0.496 e. The first-order valence-electron chi connectivity index (χ1n) is 6.13. The van der Waals surface area contributed by atoms with E-state index >= 15 is 0 Å². The number of ether oxygens (including phenoxy) is 2. The van der Waals surface area contributed by atoms with E-state index in [0.29, 0.717) is 18.9 Å². The summed E-state index contributed by atoms with van der Waals surface area (Å²) in [5.74, 6) is 1.16. The molecule has 3 nitrogen and oxygen atoms in total. The topological polar surface area (TPSA) is 38.7 Å². The van der Waals surface area contributed by atoms with Crippen molar-refractivity contribution in [3.8, 4) is 5.75 Å². The number of hydrogen-bond donors (Lipinski definition) is 1. The van der Waals surface area contributed by atoms with Crippen LogP contribution < -0.4 is 4.74 Å². The van der Waals surface area contributed by atoms with Crippen LogP contribution in [0.25, 0.3) is 0 Å². The highest BCUT2D eigenvalue weighted by Crippen LogP contribution is 2.42. The summed E-state index contributed by atoms with van der Waals surface area (Å²) in [6.45, 7) is 0.368. The first-order chi connectivity index (χ1) is 8.59. The molecule has 1 N–H and O–H groups in total. The number of methoxy groups -OCH3 is 2. The van der Waals surface area contributed by atoms with Gasteiger partial charge in [0.05, 0.1) is 19.3 Å². The summed E-state index contributed by atoms with van der Waals surface area (Å²) in [5, 5.41) is 10.7. The van der Waals surface area contributed by atoms with Crippen molar-refractivity contribution in [2.75, 3.05) is 20.8 Å². The maximum absolute atomic E-state index is 10.7. The smallest absolute Gasteiger partial charge is 0.122 e. The van der Waals surface area contributed by atoms with Crippen LogP contribution in [0.5, 0.6) is 5.75 Å². The molecule has 0 bridgehead atoms. The van der Waals surface area contributed by atoms with E-state index in [1.807, 2.05) is 18.2 Å². The molecule has 2 rings (SSSR count). The largest absolute Gasteiger partial charge is 0.496 e. The first kappa shape index (κ1) is 13.8. The lowest BCUT2D eigenvalue weighted by Crippen LogP contribution is -2.39. The number of rotatable bonds is 6. The zero-order valence-corrected chi connectivity index (χ0v) is 12.4. The van der Waals surface area contributed by atoms with Crippen LogP contribution in [0.4, 0.5) is 0 Å². The SMILES string of the molecule is COCC(O)(Cc1cc(Br)ccc1OC)C1CC1. The molecule has 1 aromatic rings. The van der Waals surface area contributed by atoms with Crippen LogP contribution in [-0.2, 0) is 11.2 Å². The summed E-state index contributed by atoms with van der Waals surface area (Å²) in [7, 11) is 3.28. The van der Waals surface area contributed by atoms with Crippen molar-refractivity contribution in [1.82, 2.24) is 0 Å². The highest BCUT2D eigenvalue weighted by Gasteiger charge is 2.44. The average molecular weight is 315 g/mol. The molecule has 0 spiro atoms. The molecule has 1 aliphatic carbocycles. The Hall–Kier alpha value is -0.580. The molecule has 0 aliphatic heterocycles. The maximum Gasteiger partial charge on any atom is 0.122 e. The number of aliphatic hydroxyl groups is 1. The second-order valence-electron chi connectivity index (χ2n) is 4.94. The molecule has 18 heavy (non-hydrogen) atoms. The predicted octanol–water partition coefficient (Wildman–Crippen LogP) is 2.79. The van der Waals surface area contributed by atoms with Gasteiger partial charge in [-0.1, -0.05) is 15.9 Å². The fourth-order valence-corrected chi connectivity index (χ4v) is 2.81. The van der Waals surface area contributed by atoms with E-state index in [1.54, 1.807) is 14.2 Å². The van der Waals surface area contributed by atoms with Crippen LogP contribution in [0, 0.1) is 5.92 Å². The molecule has 100 valence electrons. The summed E-state index contributed by atoms with van der Waals surface area (Å²) in [4.78, 5) is 0. The van der Waals surface area contributed by atoms with E-state index in [-0.39, 0.29) is 0 Å². The molecule has 0 saturated heterocycles. The molecule has 1 saturated carbocycles.